The highest BCUT2D eigenvalue weighted by Crippen LogP contribution is 2.22. The fourth-order valence-corrected chi connectivity index (χ4v) is 2.94. The van der Waals surface area contributed by atoms with Gasteiger partial charge >= 0.3 is 5.97 Å². The molecule has 2 rings (SSSR count). The van der Waals surface area contributed by atoms with E-state index in [1.165, 1.54) is 18.9 Å². The van der Waals surface area contributed by atoms with Gasteiger partial charge in [0.25, 0.3) is 0 Å². The van der Waals surface area contributed by atoms with Crippen molar-refractivity contribution in [2.75, 3.05) is 19.7 Å². The zero-order valence-electron chi connectivity index (χ0n) is 12.9. The summed E-state index contributed by atoms with van der Waals surface area (Å²) < 4.78 is 5.23. The zero-order valence-corrected chi connectivity index (χ0v) is 12.9. The maximum atomic E-state index is 11.8. The van der Waals surface area contributed by atoms with Gasteiger partial charge in [-0.2, -0.15) is 0 Å². The van der Waals surface area contributed by atoms with Gasteiger partial charge in [-0.15, -0.1) is 0 Å². The van der Waals surface area contributed by atoms with Crippen LogP contribution >= 0.6 is 0 Å². The lowest BCUT2D eigenvalue weighted by Gasteiger charge is -2.36. The molecule has 1 N–H and O–H groups in total. The molecule has 1 saturated heterocycles. The summed E-state index contributed by atoms with van der Waals surface area (Å²) in [4.78, 5) is 14.3. The summed E-state index contributed by atoms with van der Waals surface area (Å²) in [6, 6.07) is 7.08. The van der Waals surface area contributed by atoms with E-state index in [1.54, 1.807) is 18.2 Å². The van der Waals surface area contributed by atoms with Gasteiger partial charge in [-0.3, -0.25) is 0 Å². The highest BCUT2D eigenvalue weighted by atomic mass is 16.5. The van der Waals surface area contributed by atoms with Crippen molar-refractivity contribution in [3.05, 3.63) is 29.8 Å². The van der Waals surface area contributed by atoms with Gasteiger partial charge in [0.1, 0.15) is 11.3 Å². The van der Waals surface area contributed by atoms with Crippen molar-refractivity contribution in [3.63, 3.8) is 0 Å². The number of rotatable bonds is 5. The highest BCUT2D eigenvalue weighted by Gasteiger charge is 2.22. The average molecular weight is 291 g/mol. The quantitative estimate of drug-likeness (QED) is 0.669. The van der Waals surface area contributed by atoms with Gasteiger partial charge in [0.2, 0.25) is 0 Å². The Bertz CT molecular complexity index is 475. The van der Waals surface area contributed by atoms with Crippen LogP contribution in [-0.4, -0.2) is 41.7 Å². The fourth-order valence-electron chi connectivity index (χ4n) is 2.94. The number of carbonyl (C=O) groups is 1. The molecule has 1 aromatic carbocycles. The van der Waals surface area contributed by atoms with Crippen LogP contribution in [-0.2, 0) is 4.74 Å². The summed E-state index contributed by atoms with van der Waals surface area (Å²) in [7, 11) is 0. The lowest BCUT2D eigenvalue weighted by molar-refractivity contribution is 0.0465. The molecule has 0 aliphatic carbocycles. The van der Waals surface area contributed by atoms with Gasteiger partial charge in [0, 0.05) is 12.6 Å². The maximum absolute atomic E-state index is 11.8. The number of ether oxygens (including phenoxy) is 1. The van der Waals surface area contributed by atoms with Crippen molar-refractivity contribution in [1.82, 2.24) is 4.90 Å². The summed E-state index contributed by atoms with van der Waals surface area (Å²) >= 11 is 0. The molecule has 0 aromatic heterocycles. The molecule has 0 spiro atoms. The third kappa shape index (κ3) is 4.46. The van der Waals surface area contributed by atoms with Crippen LogP contribution in [0.1, 0.15) is 43.5 Å². The van der Waals surface area contributed by atoms with Crippen molar-refractivity contribution in [2.45, 2.75) is 39.2 Å². The number of aromatic hydroxyl groups is 1. The summed E-state index contributed by atoms with van der Waals surface area (Å²) in [5, 5.41) is 9.59. The molecule has 4 heteroatoms. The van der Waals surface area contributed by atoms with E-state index in [0.717, 1.165) is 25.4 Å². The molecule has 0 radical (unpaired) electrons. The van der Waals surface area contributed by atoms with E-state index in [4.69, 9.17) is 4.74 Å². The molecule has 0 saturated carbocycles. The predicted molar refractivity (Wildman–Crippen MR) is 82.4 cm³/mol. The molecule has 2 atom stereocenters. The molecular formula is C17H25NO3. The Labute approximate surface area is 126 Å². The SMILES string of the molecule is CC1CCN(CCCOC(=O)c2ccccc2O)C(C)C1. The monoisotopic (exact) mass is 291 g/mol. The number of hydrogen-bond donors (Lipinski definition) is 1. The fraction of sp³-hybridized carbons (Fsp3) is 0.588. The number of carbonyl (C=O) groups excluding carboxylic acids is 1. The minimum atomic E-state index is -0.451. The van der Waals surface area contributed by atoms with Gasteiger partial charge in [-0.05, 0) is 50.8 Å². The third-order valence-corrected chi connectivity index (χ3v) is 4.22. The molecule has 1 heterocycles. The van der Waals surface area contributed by atoms with Crippen molar-refractivity contribution in [1.29, 1.82) is 0 Å². The van der Waals surface area contributed by atoms with Gasteiger partial charge in [0.05, 0.1) is 6.61 Å². The second-order valence-corrected chi connectivity index (χ2v) is 6.02. The Hall–Kier alpha value is -1.55. The van der Waals surface area contributed by atoms with Gasteiger partial charge in [-0.1, -0.05) is 19.1 Å². The molecule has 4 nitrogen and oxygen atoms in total. The van der Waals surface area contributed by atoms with Crippen molar-refractivity contribution < 1.29 is 14.6 Å². The first kappa shape index (κ1) is 15.8. The first-order valence-electron chi connectivity index (χ1n) is 7.77. The van der Waals surface area contributed by atoms with E-state index in [2.05, 4.69) is 18.7 Å². The number of hydrogen-bond acceptors (Lipinski definition) is 4. The van der Waals surface area contributed by atoms with Crippen molar-refractivity contribution >= 4 is 5.97 Å². The number of nitrogens with zero attached hydrogens (tertiary/aromatic N) is 1. The summed E-state index contributed by atoms with van der Waals surface area (Å²) in [5.74, 6) is 0.338. The average Bonchev–Trinajstić information content (AvgIpc) is 2.45. The first-order chi connectivity index (χ1) is 10.1. The largest absolute Gasteiger partial charge is 0.507 e. The number of phenols is 1. The number of phenolic OH excluding ortho intramolecular Hbond substituents is 1. The highest BCUT2D eigenvalue weighted by molar-refractivity contribution is 5.92. The molecule has 1 aliphatic rings. The minimum Gasteiger partial charge on any atom is -0.507 e. The Morgan fingerprint density at radius 3 is 2.86 bits per heavy atom. The Kier molecular flexibility index (Phi) is 5.62. The first-order valence-corrected chi connectivity index (χ1v) is 7.77. The number of piperidine rings is 1. The summed E-state index contributed by atoms with van der Waals surface area (Å²) in [5.41, 5.74) is 0.234. The molecule has 0 bridgehead atoms. The van der Waals surface area contributed by atoms with Crippen LogP contribution in [0.2, 0.25) is 0 Å². The number of para-hydroxylation sites is 1. The molecule has 1 aromatic rings. The number of likely N-dealkylation sites (tertiary alicyclic amines) is 1. The maximum Gasteiger partial charge on any atom is 0.341 e. The van der Waals surface area contributed by atoms with Crippen molar-refractivity contribution in [3.8, 4) is 5.75 Å². The standard InChI is InChI=1S/C17H25NO3/c1-13-8-10-18(14(2)12-13)9-5-11-21-17(20)15-6-3-4-7-16(15)19/h3-4,6-7,13-14,19H,5,8-12H2,1-2H3. The molecule has 21 heavy (non-hydrogen) atoms. The second-order valence-electron chi connectivity index (χ2n) is 6.02. The second kappa shape index (κ2) is 7.46. The van der Waals surface area contributed by atoms with Gasteiger partial charge < -0.3 is 14.7 Å². The lowest BCUT2D eigenvalue weighted by atomic mass is 9.93. The molecule has 116 valence electrons. The van der Waals surface area contributed by atoms with Crippen LogP contribution in [0.5, 0.6) is 5.75 Å². The van der Waals surface area contributed by atoms with Crippen LogP contribution in [0, 0.1) is 5.92 Å². The van der Waals surface area contributed by atoms with Crippen LogP contribution in [0.3, 0.4) is 0 Å². The Morgan fingerprint density at radius 1 is 1.38 bits per heavy atom. The Balaban J connectivity index is 1.70. The number of benzene rings is 1. The van der Waals surface area contributed by atoms with E-state index in [0.29, 0.717) is 12.6 Å². The van der Waals surface area contributed by atoms with E-state index < -0.39 is 5.97 Å². The van der Waals surface area contributed by atoms with Crippen LogP contribution in [0.25, 0.3) is 0 Å². The molecular weight excluding hydrogens is 266 g/mol. The third-order valence-electron chi connectivity index (χ3n) is 4.22. The van der Waals surface area contributed by atoms with E-state index >= 15 is 0 Å². The summed E-state index contributed by atoms with van der Waals surface area (Å²) in [6.07, 6.45) is 3.33. The summed E-state index contributed by atoms with van der Waals surface area (Å²) in [6.45, 7) is 7.06. The predicted octanol–water partition coefficient (Wildman–Crippen LogP) is 3.06. The van der Waals surface area contributed by atoms with Crippen LogP contribution in [0.15, 0.2) is 24.3 Å². The van der Waals surface area contributed by atoms with E-state index in [9.17, 15) is 9.90 Å². The van der Waals surface area contributed by atoms with Crippen LogP contribution < -0.4 is 0 Å². The smallest absolute Gasteiger partial charge is 0.341 e. The van der Waals surface area contributed by atoms with E-state index in [1.807, 2.05) is 0 Å². The van der Waals surface area contributed by atoms with Gasteiger partial charge in [-0.25, -0.2) is 4.79 Å². The molecule has 2 unspecified atom stereocenters. The molecule has 1 fully saturated rings. The minimum absolute atomic E-state index is 0.0267. The van der Waals surface area contributed by atoms with Gasteiger partial charge in [0.15, 0.2) is 0 Å². The Morgan fingerprint density at radius 2 is 2.14 bits per heavy atom. The van der Waals surface area contributed by atoms with Crippen molar-refractivity contribution in [2.24, 2.45) is 5.92 Å². The molecule has 1 aliphatic heterocycles. The molecule has 0 amide bonds. The van der Waals surface area contributed by atoms with E-state index in [-0.39, 0.29) is 11.3 Å². The zero-order chi connectivity index (χ0) is 15.2. The normalized spacial score (nSPS) is 23.0. The number of esters is 1. The topological polar surface area (TPSA) is 49.8 Å². The van der Waals surface area contributed by atoms with Crippen LogP contribution in [0.4, 0.5) is 0 Å². The lowest BCUT2D eigenvalue weighted by Crippen LogP contribution is -2.40.